The second-order valence-electron chi connectivity index (χ2n) is 2.99. The van der Waals surface area contributed by atoms with Crippen molar-refractivity contribution in [2.45, 2.75) is 0 Å². The van der Waals surface area contributed by atoms with E-state index in [9.17, 15) is 4.79 Å². The lowest BCUT2D eigenvalue weighted by molar-refractivity contribution is 0.102. The van der Waals surface area contributed by atoms with E-state index in [1.807, 2.05) is 6.07 Å². The molecular weight excluding hydrogens is 210 g/mol. The van der Waals surface area contributed by atoms with Crippen molar-refractivity contribution >= 4 is 11.7 Å². The Bertz CT molecular complexity index is 547. The van der Waals surface area contributed by atoms with Crippen LogP contribution in [-0.2, 0) is 7.05 Å². The van der Waals surface area contributed by atoms with Crippen LogP contribution in [0.5, 0.6) is 0 Å². The van der Waals surface area contributed by atoms with Gasteiger partial charge in [-0.1, -0.05) is 0 Å². The summed E-state index contributed by atoms with van der Waals surface area (Å²) in [5.41, 5.74) is 0.425. The van der Waals surface area contributed by atoms with E-state index in [0.29, 0.717) is 5.56 Å². The maximum atomic E-state index is 11.6. The van der Waals surface area contributed by atoms with Gasteiger partial charge in [-0.15, -0.1) is 0 Å². The van der Waals surface area contributed by atoms with E-state index in [4.69, 9.17) is 5.26 Å². The number of H-pyrrole nitrogens is 1. The highest BCUT2D eigenvalue weighted by Crippen LogP contribution is 2.11. The number of nitriles is 1. The van der Waals surface area contributed by atoms with Crippen molar-refractivity contribution in [3.05, 3.63) is 23.7 Å². The summed E-state index contributed by atoms with van der Waals surface area (Å²) in [4.78, 5) is 11.6. The van der Waals surface area contributed by atoms with Crippen molar-refractivity contribution in [1.29, 1.82) is 5.26 Å². The summed E-state index contributed by atoms with van der Waals surface area (Å²) in [5.74, 6) is -0.262. The monoisotopic (exact) mass is 217 g/mol. The highest BCUT2D eigenvalue weighted by molar-refractivity contribution is 6.02. The number of anilines is 1. The second kappa shape index (κ2) is 3.82. The van der Waals surface area contributed by atoms with Gasteiger partial charge in [0.25, 0.3) is 5.91 Å². The van der Waals surface area contributed by atoms with E-state index in [1.54, 1.807) is 7.05 Å². The molecule has 0 saturated carbocycles. The Morgan fingerprint density at radius 3 is 3.12 bits per heavy atom. The average molecular weight is 217 g/mol. The molecule has 0 aliphatic carbocycles. The molecule has 8 heteroatoms. The Hall–Kier alpha value is -2.69. The average Bonchev–Trinajstić information content (AvgIpc) is 2.87. The Balaban J connectivity index is 2.22. The number of aromatic amines is 1. The lowest BCUT2D eigenvalue weighted by Gasteiger charge is -1.97. The number of nitrogens with zero attached hydrogens (tertiary/aromatic N) is 5. The Morgan fingerprint density at radius 1 is 1.69 bits per heavy atom. The molecule has 0 aromatic carbocycles. The normalized spacial score (nSPS) is 9.75. The van der Waals surface area contributed by atoms with E-state index in [0.717, 1.165) is 0 Å². The first-order chi connectivity index (χ1) is 7.70. The fraction of sp³-hybridized carbons (Fsp3) is 0.125. The third-order valence-corrected chi connectivity index (χ3v) is 1.83. The van der Waals surface area contributed by atoms with Gasteiger partial charge in [0, 0.05) is 13.2 Å². The molecule has 8 nitrogen and oxygen atoms in total. The largest absolute Gasteiger partial charge is 0.302 e. The standard InChI is InChI=1S/C8H7N7O/c1-15-4-5(2-9)7(13-15)11-8(16)6-3-10-14-12-6/h3-4H,1H3,(H,10,12,14)(H,11,13,16). The summed E-state index contributed by atoms with van der Waals surface area (Å²) in [6, 6.07) is 1.93. The summed E-state index contributed by atoms with van der Waals surface area (Å²) < 4.78 is 1.44. The molecule has 16 heavy (non-hydrogen) atoms. The number of hydrogen-bond donors (Lipinski definition) is 2. The van der Waals surface area contributed by atoms with Gasteiger partial charge in [0.2, 0.25) is 0 Å². The number of rotatable bonds is 2. The molecule has 2 aromatic heterocycles. The number of amides is 1. The van der Waals surface area contributed by atoms with Gasteiger partial charge in [-0.2, -0.15) is 25.8 Å². The summed E-state index contributed by atoms with van der Waals surface area (Å²) in [6.07, 6.45) is 2.79. The Morgan fingerprint density at radius 2 is 2.50 bits per heavy atom. The summed E-state index contributed by atoms with van der Waals surface area (Å²) in [7, 11) is 1.66. The molecule has 2 aromatic rings. The van der Waals surface area contributed by atoms with Crippen LogP contribution in [0.25, 0.3) is 0 Å². The van der Waals surface area contributed by atoms with E-state index in [1.165, 1.54) is 17.1 Å². The van der Waals surface area contributed by atoms with E-state index in [-0.39, 0.29) is 11.5 Å². The highest BCUT2D eigenvalue weighted by atomic mass is 16.2. The van der Waals surface area contributed by atoms with Crippen molar-refractivity contribution < 1.29 is 4.79 Å². The summed E-state index contributed by atoms with van der Waals surface area (Å²) >= 11 is 0. The molecule has 80 valence electrons. The predicted octanol–water partition coefficient (Wildman–Crippen LogP) is -0.338. The van der Waals surface area contributed by atoms with Crippen LogP contribution >= 0.6 is 0 Å². The Kier molecular flexibility index (Phi) is 2.35. The van der Waals surface area contributed by atoms with Crippen LogP contribution in [0, 0.1) is 11.3 Å². The smallest absolute Gasteiger partial charge is 0.279 e. The first-order valence-corrected chi connectivity index (χ1v) is 4.31. The minimum absolute atomic E-state index is 0.134. The van der Waals surface area contributed by atoms with Crippen molar-refractivity contribution in [3.63, 3.8) is 0 Å². The van der Waals surface area contributed by atoms with Gasteiger partial charge in [0.1, 0.15) is 11.6 Å². The fourth-order valence-electron chi connectivity index (χ4n) is 1.15. The van der Waals surface area contributed by atoms with Crippen LogP contribution in [0.2, 0.25) is 0 Å². The van der Waals surface area contributed by atoms with Crippen molar-refractivity contribution in [3.8, 4) is 6.07 Å². The van der Waals surface area contributed by atoms with Crippen molar-refractivity contribution in [2.24, 2.45) is 7.05 Å². The summed E-state index contributed by atoms with van der Waals surface area (Å²) in [6.45, 7) is 0. The summed E-state index contributed by atoms with van der Waals surface area (Å²) in [5, 5.41) is 24.6. The van der Waals surface area contributed by atoms with Gasteiger partial charge in [0.15, 0.2) is 11.5 Å². The van der Waals surface area contributed by atoms with Gasteiger partial charge < -0.3 is 5.32 Å². The van der Waals surface area contributed by atoms with Crippen molar-refractivity contribution in [2.75, 3.05) is 5.32 Å². The van der Waals surface area contributed by atoms with Crippen LogP contribution in [-0.4, -0.2) is 31.1 Å². The minimum Gasteiger partial charge on any atom is -0.302 e. The van der Waals surface area contributed by atoms with Crippen LogP contribution in [0.4, 0.5) is 5.82 Å². The molecule has 2 N–H and O–H groups in total. The zero-order valence-corrected chi connectivity index (χ0v) is 8.30. The number of carbonyl (C=O) groups excluding carboxylic acids is 1. The zero-order chi connectivity index (χ0) is 11.5. The Labute approximate surface area is 89.9 Å². The van der Waals surface area contributed by atoms with E-state index >= 15 is 0 Å². The molecule has 2 rings (SSSR count). The molecule has 1 amide bonds. The number of aryl methyl sites for hydroxylation is 1. The number of aromatic nitrogens is 5. The van der Waals surface area contributed by atoms with Gasteiger partial charge in [-0.05, 0) is 0 Å². The van der Waals surface area contributed by atoms with Crippen LogP contribution in [0.1, 0.15) is 16.1 Å². The molecule has 0 spiro atoms. The van der Waals surface area contributed by atoms with Gasteiger partial charge >= 0.3 is 0 Å². The molecule has 0 bridgehead atoms. The van der Waals surface area contributed by atoms with Gasteiger partial charge in [0.05, 0.1) is 6.20 Å². The van der Waals surface area contributed by atoms with Crippen LogP contribution in [0.3, 0.4) is 0 Å². The van der Waals surface area contributed by atoms with Gasteiger partial charge in [-0.25, -0.2) is 0 Å². The quantitative estimate of drug-likeness (QED) is 0.714. The molecule has 0 saturated heterocycles. The van der Waals surface area contributed by atoms with E-state index < -0.39 is 5.91 Å². The topological polar surface area (TPSA) is 112 Å². The second-order valence-corrected chi connectivity index (χ2v) is 2.99. The maximum Gasteiger partial charge on any atom is 0.279 e. The van der Waals surface area contributed by atoms with Crippen molar-refractivity contribution in [1.82, 2.24) is 25.2 Å². The molecule has 0 atom stereocenters. The number of carbonyl (C=O) groups is 1. The SMILES string of the molecule is Cn1cc(C#N)c(NC(=O)c2cn[nH]n2)n1. The molecule has 0 radical (unpaired) electrons. The number of hydrogen-bond acceptors (Lipinski definition) is 5. The third-order valence-electron chi connectivity index (χ3n) is 1.83. The van der Waals surface area contributed by atoms with Crippen LogP contribution < -0.4 is 5.32 Å². The lowest BCUT2D eigenvalue weighted by atomic mass is 10.3. The molecular formula is C8H7N7O. The molecule has 0 fully saturated rings. The minimum atomic E-state index is -0.469. The zero-order valence-electron chi connectivity index (χ0n) is 8.30. The molecule has 0 aliphatic heterocycles. The predicted molar refractivity (Wildman–Crippen MR) is 52.3 cm³/mol. The fourth-order valence-corrected chi connectivity index (χ4v) is 1.15. The number of nitrogens with one attached hydrogen (secondary N) is 2. The highest BCUT2D eigenvalue weighted by Gasteiger charge is 2.13. The third kappa shape index (κ3) is 1.74. The first kappa shape index (κ1) is 9.85. The van der Waals surface area contributed by atoms with Crippen LogP contribution in [0.15, 0.2) is 12.4 Å². The molecule has 0 aliphatic rings. The lowest BCUT2D eigenvalue weighted by Crippen LogP contribution is -2.13. The maximum absolute atomic E-state index is 11.6. The first-order valence-electron chi connectivity index (χ1n) is 4.31. The molecule has 0 unspecified atom stereocenters. The molecule has 2 heterocycles. The van der Waals surface area contributed by atoms with Gasteiger partial charge in [-0.3, -0.25) is 9.48 Å². The van der Waals surface area contributed by atoms with E-state index in [2.05, 4.69) is 25.8 Å².